The van der Waals surface area contributed by atoms with Gasteiger partial charge in [0.2, 0.25) is 0 Å². The summed E-state index contributed by atoms with van der Waals surface area (Å²) < 4.78 is 17.1. The standard InChI is InChI=1S/C13H25BN2O3/c1-7-17-10(2)16-9-11(8-15)14-18-12(3,4)13(5,6)19-14/h8-10H,7,15H2,1-6H3. The Morgan fingerprint density at radius 1 is 1.32 bits per heavy atom. The fourth-order valence-corrected chi connectivity index (χ4v) is 1.64. The first-order valence-corrected chi connectivity index (χ1v) is 6.65. The summed E-state index contributed by atoms with van der Waals surface area (Å²) in [6.45, 7) is 12.4. The minimum atomic E-state index is -0.493. The number of hydrogen-bond donors (Lipinski definition) is 1. The smallest absolute Gasteiger partial charge is 0.405 e. The topological polar surface area (TPSA) is 66.1 Å². The lowest BCUT2D eigenvalue weighted by molar-refractivity contribution is 0.00578. The third kappa shape index (κ3) is 3.81. The molecule has 1 atom stereocenters. The third-order valence-electron chi connectivity index (χ3n) is 3.56. The molecule has 0 aromatic carbocycles. The van der Waals surface area contributed by atoms with Gasteiger partial charge in [-0.3, -0.25) is 4.99 Å². The van der Waals surface area contributed by atoms with Gasteiger partial charge in [-0.05, 0) is 47.7 Å². The molecule has 1 aliphatic rings. The van der Waals surface area contributed by atoms with Crippen molar-refractivity contribution < 1.29 is 14.0 Å². The highest BCUT2D eigenvalue weighted by molar-refractivity contribution is 6.60. The van der Waals surface area contributed by atoms with Gasteiger partial charge in [-0.2, -0.15) is 0 Å². The Hall–Kier alpha value is -0.845. The molecule has 0 saturated carbocycles. The Morgan fingerprint density at radius 2 is 1.84 bits per heavy atom. The van der Waals surface area contributed by atoms with E-state index < -0.39 is 7.12 Å². The molecule has 0 amide bonds. The van der Waals surface area contributed by atoms with Crippen LogP contribution in [-0.4, -0.2) is 37.4 Å². The van der Waals surface area contributed by atoms with Crippen LogP contribution in [0.3, 0.4) is 0 Å². The van der Waals surface area contributed by atoms with Crippen molar-refractivity contribution in [3.8, 4) is 0 Å². The summed E-state index contributed by atoms with van der Waals surface area (Å²) in [7, 11) is -0.493. The van der Waals surface area contributed by atoms with Crippen molar-refractivity contribution in [3.05, 3.63) is 11.7 Å². The maximum Gasteiger partial charge on any atom is 0.497 e. The Kier molecular flexibility index (Phi) is 5.18. The average Bonchev–Trinajstić information content (AvgIpc) is 2.49. The van der Waals surface area contributed by atoms with Gasteiger partial charge in [0, 0.05) is 18.3 Å². The zero-order chi connectivity index (χ0) is 14.7. The molecule has 1 unspecified atom stereocenters. The molecule has 0 bridgehead atoms. The Morgan fingerprint density at radius 3 is 2.26 bits per heavy atom. The summed E-state index contributed by atoms with van der Waals surface area (Å²) in [6.07, 6.45) is 2.91. The highest BCUT2D eigenvalue weighted by Crippen LogP contribution is 2.38. The number of rotatable bonds is 5. The van der Waals surface area contributed by atoms with Gasteiger partial charge in [0.25, 0.3) is 0 Å². The van der Waals surface area contributed by atoms with Crippen LogP contribution < -0.4 is 5.73 Å². The number of hydrogen-bond acceptors (Lipinski definition) is 5. The second-order valence-corrected chi connectivity index (χ2v) is 5.59. The van der Waals surface area contributed by atoms with Crippen molar-refractivity contribution in [2.75, 3.05) is 6.61 Å². The van der Waals surface area contributed by atoms with Gasteiger partial charge in [-0.15, -0.1) is 0 Å². The molecule has 0 aromatic rings. The van der Waals surface area contributed by atoms with Gasteiger partial charge < -0.3 is 19.8 Å². The fraction of sp³-hybridized carbons (Fsp3) is 0.769. The Balaban J connectivity index is 2.74. The lowest BCUT2D eigenvalue weighted by atomic mass is 9.79. The molecule has 5 nitrogen and oxygen atoms in total. The van der Waals surface area contributed by atoms with Crippen LogP contribution in [0.5, 0.6) is 0 Å². The van der Waals surface area contributed by atoms with E-state index in [0.29, 0.717) is 12.1 Å². The summed E-state index contributed by atoms with van der Waals surface area (Å²) in [4.78, 5) is 4.27. The lowest BCUT2D eigenvalue weighted by Gasteiger charge is -2.32. The second-order valence-electron chi connectivity index (χ2n) is 5.59. The molecule has 1 fully saturated rings. The molecule has 1 aliphatic heterocycles. The molecule has 1 saturated heterocycles. The van der Waals surface area contributed by atoms with Gasteiger partial charge in [0.15, 0.2) is 0 Å². The van der Waals surface area contributed by atoms with Crippen LogP contribution >= 0.6 is 0 Å². The lowest BCUT2D eigenvalue weighted by Crippen LogP contribution is -2.41. The first-order valence-electron chi connectivity index (χ1n) is 6.65. The van der Waals surface area contributed by atoms with Crippen LogP contribution in [0, 0.1) is 0 Å². The second kappa shape index (κ2) is 6.07. The molecule has 108 valence electrons. The summed E-state index contributed by atoms with van der Waals surface area (Å²) >= 11 is 0. The molecule has 0 aromatic heterocycles. The van der Waals surface area contributed by atoms with E-state index in [0.717, 1.165) is 0 Å². The molecule has 1 rings (SSSR count). The van der Waals surface area contributed by atoms with Crippen molar-refractivity contribution in [1.82, 2.24) is 0 Å². The van der Waals surface area contributed by atoms with Crippen molar-refractivity contribution in [2.24, 2.45) is 10.7 Å². The molecule has 0 radical (unpaired) electrons. The number of allylic oxidation sites excluding steroid dienone is 1. The molecule has 0 aliphatic carbocycles. The number of ether oxygens (including phenoxy) is 1. The van der Waals surface area contributed by atoms with Gasteiger partial charge in [0.1, 0.15) is 6.23 Å². The Bertz CT molecular complexity index is 351. The van der Waals surface area contributed by atoms with Crippen LogP contribution in [0.2, 0.25) is 0 Å². The molecule has 1 heterocycles. The van der Waals surface area contributed by atoms with E-state index in [2.05, 4.69) is 4.99 Å². The van der Waals surface area contributed by atoms with E-state index >= 15 is 0 Å². The first-order chi connectivity index (χ1) is 8.73. The van der Waals surface area contributed by atoms with E-state index in [1.54, 1.807) is 6.21 Å². The minimum Gasteiger partial charge on any atom is -0.405 e. The van der Waals surface area contributed by atoms with Crippen LogP contribution in [0.1, 0.15) is 41.5 Å². The molecule has 6 heteroatoms. The van der Waals surface area contributed by atoms with Crippen molar-refractivity contribution in [1.29, 1.82) is 0 Å². The van der Waals surface area contributed by atoms with Crippen LogP contribution in [-0.2, 0) is 14.0 Å². The predicted molar refractivity (Wildman–Crippen MR) is 77.9 cm³/mol. The third-order valence-corrected chi connectivity index (χ3v) is 3.56. The summed E-state index contributed by atoms with van der Waals surface area (Å²) in [5.41, 5.74) is 5.57. The maximum absolute atomic E-state index is 5.91. The normalized spacial score (nSPS) is 24.1. The van der Waals surface area contributed by atoms with E-state index in [1.807, 2.05) is 41.5 Å². The van der Waals surface area contributed by atoms with E-state index in [9.17, 15) is 0 Å². The molecular formula is C13H25BN2O3. The number of nitrogens with two attached hydrogens (primary N) is 1. The maximum atomic E-state index is 5.91. The number of aliphatic imine (C=N–C) groups is 1. The molecule has 0 spiro atoms. The molecule has 2 N–H and O–H groups in total. The Labute approximate surface area is 116 Å². The first kappa shape index (κ1) is 16.2. The molecular weight excluding hydrogens is 243 g/mol. The van der Waals surface area contributed by atoms with Crippen LogP contribution in [0.15, 0.2) is 16.7 Å². The summed E-state index contributed by atoms with van der Waals surface area (Å²) in [6, 6.07) is 0. The zero-order valence-corrected chi connectivity index (χ0v) is 12.8. The highest BCUT2D eigenvalue weighted by atomic mass is 16.7. The summed E-state index contributed by atoms with van der Waals surface area (Å²) in [5.74, 6) is 0. The quantitative estimate of drug-likeness (QED) is 0.611. The summed E-state index contributed by atoms with van der Waals surface area (Å²) in [5, 5.41) is 0. The highest BCUT2D eigenvalue weighted by Gasteiger charge is 2.52. The predicted octanol–water partition coefficient (Wildman–Crippen LogP) is 1.91. The van der Waals surface area contributed by atoms with Crippen molar-refractivity contribution in [2.45, 2.75) is 59.0 Å². The van der Waals surface area contributed by atoms with Crippen molar-refractivity contribution in [3.63, 3.8) is 0 Å². The van der Waals surface area contributed by atoms with Gasteiger partial charge in [-0.25, -0.2) is 0 Å². The largest absolute Gasteiger partial charge is 0.497 e. The van der Waals surface area contributed by atoms with E-state index in [4.69, 9.17) is 19.8 Å². The SMILES string of the molecule is CCOC(C)N=CC(=CN)B1OC(C)(C)C(C)(C)O1. The van der Waals surface area contributed by atoms with Gasteiger partial charge in [-0.1, -0.05) is 0 Å². The average molecular weight is 268 g/mol. The van der Waals surface area contributed by atoms with Crippen LogP contribution in [0.25, 0.3) is 0 Å². The van der Waals surface area contributed by atoms with Gasteiger partial charge in [0.05, 0.1) is 11.2 Å². The van der Waals surface area contributed by atoms with E-state index in [1.165, 1.54) is 6.20 Å². The number of nitrogens with zero attached hydrogens (tertiary/aromatic N) is 1. The van der Waals surface area contributed by atoms with Crippen LogP contribution in [0.4, 0.5) is 0 Å². The zero-order valence-electron chi connectivity index (χ0n) is 12.8. The molecule has 19 heavy (non-hydrogen) atoms. The van der Waals surface area contributed by atoms with Crippen molar-refractivity contribution >= 4 is 13.3 Å². The minimum absolute atomic E-state index is 0.206. The monoisotopic (exact) mass is 268 g/mol. The fourth-order valence-electron chi connectivity index (χ4n) is 1.64. The van der Waals surface area contributed by atoms with E-state index in [-0.39, 0.29) is 17.4 Å². The van der Waals surface area contributed by atoms with Gasteiger partial charge >= 0.3 is 7.12 Å².